The maximum Gasteiger partial charge on any atom is 0.433 e. The lowest BCUT2D eigenvalue weighted by atomic mass is 9.86. The van der Waals surface area contributed by atoms with Crippen molar-refractivity contribution >= 4 is 16.6 Å². The van der Waals surface area contributed by atoms with Gasteiger partial charge in [0.1, 0.15) is 5.69 Å². The maximum atomic E-state index is 12.8. The van der Waals surface area contributed by atoms with E-state index in [0.29, 0.717) is 16.6 Å². The van der Waals surface area contributed by atoms with E-state index in [9.17, 15) is 13.2 Å². The van der Waals surface area contributed by atoms with Crippen LogP contribution in [0.2, 0.25) is 0 Å². The Labute approximate surface area is 116 Å². The van der Waals surface area contributed by atoms with Crippen LogP contribution in [0.25, 0.3) is 10.9 Å². The topological polar surface area (TPSA) is 24.9 Å². The van der Waals surface area contributed by atoms with Crippen LogP contribution in [-0.2, 0) is 11.6 Å². The predicted molar refractivity (Wildman–Crippen MR) is 75.0 cm³/mol. The number of halogens is 3. The van der Waals surface area contributed by atoms with Crippen molar-refractivity contribution in [3.63, 3.8) is 0 Å². The van der Waals surface area contributed by atoms with Crippen molar-refractivity contribution in [3.8, 4) is 0 Å². The van der Waals surface area contributed by atoms with E-state index in [0.717, 1.165) is 11.6 Å². The van der Waals surface area contributed by atoms with E-state index in [2.05, 4.69) is 31.1 Å². The molecule has 5 heteroatoms. The third kappa shape index (κ3) is 2.71. The van der Waals surface area contributed by atoms with Gasteiger partial charge in [0.2, 0.25) is 0 Å². The summed E-state index contributed by atoms with van der Waals surface area (Å²) in [4.78, 5) is 3.71. The van der Waals surface area contributed by atoms with E-state index >= 15 is 0 Å². The third-order valence-electron chi connectivity index (χ3n) is 3.23. The first-order valence-electron chi connectivity index (χ1n) is 6.33. The summed E-state index contributed by atoms with van der Waals surface area (Å²) in [5, 5.41) is 3.52. The Bertz CT molecular complexity index is 640. The fourth-order valence-electron chi connectivity index (χ4n) is 2.04. The highest BCUT2D eigenvalue weighted by molar-refractivity contribution is 5.92. The molecule has 0 atom stereocenters. The number of benzene rings is 1. The monoisotopic (exact) mass is 282 g/mol. The van der Waals surface area contributed by atoms with E-state index < -0.39 is 11.9 Å². The van der Waals surface area contributed by atoms with Gasteiger partial charge in [0.15, 0.2) is 0 Å². The van der Waals surface area contributed by atoms with Crippen LogP contribution < -0.4 is 5.32 Å². The van der Waals surface area contributed by atoms with Gasteiger partial charge in [-0.2, -0.15) is 13.2 Å². The molecule has 1 heterocycles. The van der Waals surface area contributed by atoms with Crippen LogP contribution in [0, 0.1) is 0 Å². The summed E-state index contributed by atoms with van der Waals surface area (Å²) in [7, 11) is 1.61. The third-order valence-corrected chi connectivity index (χ3v) is 3.23. The molecule has 0 aliphatic heterocycles. The van der Waals surface area contributed by atoms with Crippen molar-refractivity contribution in [3.05, 3.63) is 35.5 Å². The van der Waals surface area contributed by atoms with E-state index in [-0.39, 0.29) is 5.41 Å². The van der Waals surface area contributed by atoms with Crippen LogP contribution in [0.3, 0.4) is 0 Å². The van der Waals surface area contributed by atoms with E-state index in [1.807, 2.05) is 12.1 Å². The Morgan fingerprint density at radius 3 is 2.20 bits per heavy atom. The molecule has 1 aromatic carbocycles. The molecule has 0 aliphatic rings. The van der Waals surface area contributed by atoms with Crippen molar-refractivity contribution in [2.24, 2.45) is 0 Å². The van der Waals surface area contributed by atoms with Gasteiger partial charge in [-0.25, -0.2) is 4.98 Å². The Morgan fingerprint density at radius 1 is 1.05 bits per heavy atom. The fraction of sp³-hybridized carbons (Fsp3) is 0.400. The Hall–Kier alpha value is -1.78. The Kier molecular flexibility index (Phi) is 3.40. The van der Waals surface area contributed by atoms with Crippen LogP contribution in [-0.4, -0.2) is 12.0 Å². The highest BCUT2D eigenvalue weighted by atomic mass is 19.4. The highest BCUT2D eigenvalue weighted by Gasteiger charge is 2.33. The second kappa shape index (κ2) is 4.65. The van der Waals surface area contributed by atoms with Gasteiger partial charge in [-0.1, -0.05) is 26.8 Å². The van der Waals surface area contributed by atoms with Gasteiger partial charge in [-0.05, 0) is 29.2 Å². The number of pyridine rings is 1. The molecule has 2 nitrogen and oxygen atoms in total. The SMILES string of the molecule is CNc1cc(C(F)(F)F)nc2ccc(C(C)(C)C)cc12. The molecule has 0 saturated carbocycles. The summed E-state index contributed by atoms with van der Waals surface area (Å²) in [6.45, 7) is 6.18. The minimum Gasteiger partial charge on any atom is -0.388 e. The molecule has 2 rings (SSSR count). The summed E-state index contributed by atoms with van der Waals surface area (Å²) in [6, 6.07) is 6.42. The summed E-state index contributed by atoms with van der Waals surface area (Å²) >= 11 is 0. The molecule has 0 amide bonds. The summed E-state index contributed by atoms with van der Waals surface area (Å²) in [6.07, 6.45) is -4.44. The summed E-state index contributed by atoms with van der Waals surface area (Å²) in [5.41, 5.74) is 0.897. The largest absolute Gasteiger partial charge is 0.433 e. The van der Waals surface area contributed by atoms with Crippen LogP contribution >= 0.6 is 0 Å². The Balaban J connectivity index is 2.71. The van der Waals surface area contributed by atoms with Gasteiger partial charge >= 0.3 is 6.18 Å². The average Bonchev–Trinajstić information content (AvgIpc) is 2.34. The minimum atomic E-state index is -4.44. The standard InChI is InChI=1S/C15H17F3N2/c1-14(2,3)9-5-6-11-10(7-9)12(19-4)8-13(20-11)15(16,17)18/h5-8H,1-4H3,(H,19,20). The van der Waals surface area contributed by atoms with Gasteiger partial charge in [0, 0.05) is 18.1 Å². The lowest BCUT2D eigenvalue weighted by Gasteiger charge is -2.20. The first-order valence-corrected chi connectivity index (χ1v) is 6.33. The highest BCUT2D eigenvalue weighted by Crippen LogP contribution is 2.34. The second-order valence-corrected chi connectivity index (χ2v) is 5.78. The van der Waals surface area contributed by atoms with Gasteiger partial charge in [0.25, 0.3) is 0 Å². The number of nitrogens with zero attached hydrogens (tertiary/aromatic N) is 1. The number of hydrogen-bond donors (Lipinski definition) is 1. The molecular weight excluding hydrogens is 265 g/mol. The molecule has 0 unspecified atom stereocenters. The van der Waals surface area contributed by atoms with E-state index in [1.165, 1.54) is 0 Å². The number of rotatable bonds is 1. The number of fused-ring (bicyclic) bond motifs is 1. The summed E-state index contributed by atoms with van der Waals surface area (Å²) in [5.74, 6) is 0. The predicted octanol–water partition coefficient (Wildman–Crippen LogP) is 4.59. The molecule has 20 heavy (non-hydrogen) atoms. The normalized spacial score (nSPS) is 12.8. The van der Waals surface area contributed by atoms with Crippen LogP contribution in [0.5, 0.6) is 0 Å². The average molecular weight is 282 g/mol. The maximum absolute atomic E-state index is 12.8. The molecule has 108 valence electrons. The van der Waals surface area contributed by atoms with Gasteiger partial charge in [-0.3, -0.25) is 0 Å². The van der Waals surface area contributed by atoms with Gasteiger partial charge in [-0.15, -0.1) is 0 Å². The molecule has 0 fully saturated rings. The first-order chi connectivity index (χ1) is 9.13. The molecule has 2 aromatic rings. The summed E-state index contributed by atoms with van der Waals surface area (Å²) < 4.78 is 38.4. The zero-order valence-electron chi connectivity index (χ0n) is 11.9. The van der Waals surface area contributed by atoms with Crippen LogP contribution in [0.4, 0.5) is 18.9 Å². The van der Waals surface area contributed by atoms with Crippen molar-refractivity contribution < 1.29 is 13.2 Å². The van der Waals surface area contributed by atoms with Gasteiger partial charge in [0.05, 0.1) is 5.52 Å². The lowest BCUT2D eigenvalue weighted by molar-refractivity contribution is -0.140. The first kappa shape index (κ1) is 14.6. The zero-order valence-corrected chi connectivity index (χ0v) is 11.9. The van der Waals surface area contributed by atoms with Gasteiger partial charge < -0.3 is 5.32 Å². The minimum absolute atomic E-state index is 0.0676. The quantitative estimate of drug-likeness (QED) is 0.827. The van der Waals surface area contributed by atoms with Crippen LogP contribution in [0.1, 0.15) is 32.0 Å². The molecule has 0 aliphatic carbocycles. The molecule has 0 spiro atoms. The second-order valence-electron chi connectivity index (χ2n) is 5.78. The van der Waals surface area contributed by atoms with E-state index in [4.69, 9.17) is 0 Å². The number of nitrogens with one attached hydrogen (secondary N) is 1. The van der Waals surface area contributed by atoms with Crippen LogP contribution in [0.15, 0.2) is 24.3 Å². The van der Waals surface area contributed by atoms with E-state index in [1.54, 1.807) is 13.1 Å². The fourth-order valence-corrected chi connectivity index (χ4v) is 2.04. The zero-order chi connectivity index (χ0) is 15.1. The molecular formula is C15H17F3N2. The molecule has 0 bridgehead atoms. The Morgan fingerprint density at radius 2 is 1.70 bits per heavy atom. The molecule has 0 saturated heterocycles. The molecule has 0 radical (unpaired) electrons. The molecule has 1 N–H and O–H groups in total. The lowest BCUT2D eigenvalue weighted by Crippen LogP contribution is -2.12. The van der Waals surface area contributed by atoms with Crippen molar-refractivity contribution in [2.75, 3.05) is 12.4 Å². The number of hydrogen-bond acceptors (Lipinski definition) is 2. The number of anilines is 1. The smallest absolute Gasteiger partial charge is 0.388 e. The number of aromatic nitrogens is 1. The van der Waals surface area contributed by atoms with Crippen molar-refractivity contribution in [1.29, 1.82) is 0 Å². The molecule has 1 aromatic heterocycles. The van der Waals surface area contributed by atoms with Crippen molar-refractivity contribution in [1.82, 2.24) is 4.98 Å². The number of alkyl halides is 3. The van der Waals surface area contributed by atoms with Crippen molar-refractivity contribution in [2.45, 2.75) is 32.4 Å².